The Hall–Kier alpha value is -1.43. The van der Waals surface area contributed by atoms with Crippen LogP contribution in [0, 0.1) is 3.57 Å². The molecule has 0 aliphatic carbocycles. The van der Waals surface area contributed by atoms with E-state index in [-0.39, 0.29) is 30.4 Å². The largest absolute Gasteiger partial charge is 0.394 e. The molecule has 124 valence electrons. The zero-order valence-corrected chi connectivity index (χ0v) is 14.4. The van der Waals surface area contributed by atoms with E-state index in [1.807, 2.05) is 0 Å². The summed E-state index contributed by atoms with van der Waals surface area (Å²) in [5.41, 5.74) is 5.82. The second-order valence-corrected chi connectivity index (χ2v) is 6.40. The lowest BCUT2D eigenvalue weighted by Crippen LogP contribution is -2.27. The lowest BCUT2D eigenvalue weighted by molar-refractivity contribution is -0.0560. The molecule has 1 aliphatic heterocycles. The van der Waals surface area contributed by atoms with Gasteiger partial charge in [-0.25, -0.2) is 0 Å². The molecule has 23 heavy (non-hydrogen) atoms. The highest BCUT2D eigenvalue weighted by Gasteiger charge is 2.37. The fraction of sp³-hybridized carbons (Fsp3) is 0.429. The van der Waals surface area contributed by atoms with Gasteiger partial charge >= 0.3 is 0 Å². The number of nitrogens with two attached hydrogens (primary N) is 1. The number of nitrogens with zero attached hydrogens (tertiary/aromatic N) is 2. The first kappa shape index (κ1) is 16.4. The van der Waals surface area contributed by atoms with Crippen LogP contribution in [-0.4, -0.2) is 45.1 Å². The molecule has 3 rings (SSSR count). The summed E-state index contributed by atoms with van der Waals surface area (Å²) in [7, 11) is 0. The molecule has 8 nitrogen and oxygen atoms in total. The number of aromatic amines is 1. The number of aromatic nitrogens is 3. The average Bonchev–Trinajstić information content (AvgIpc) is 3.06. The molecule has 3 unspecified atom stereocenters. The number of aliphatic hydroxyl groups excluding tert-OH is 1. The summed E-state index contributed by atoms with van der Waals surface area (Å²) >= 11 is 2.07. The number of H-pyrrole nitrogens is 1. The topological polar surface area (TPSA) is 115 Å². The minimum Gasteiger partial charge on any atom is -0.394 e. The number of hydrogen-bond donors (Lipinski definition) is 3. The molecule has 3 heterocycles. The number of halogens is 1. The highest BCUT2D eigenvalue weighted by molar-refractivity contribution is 14.1. The third-order valence-corrected chi connectivity index (χ3v) is 4.57. The average molecular weight is 432 g/mol. The Bertz CT molecular complexity index is 787. The molecule has 0 saturated carbocycles. The first-order chi connectivity index (χ1) is 11.0. The summed E-state index contributed by atoms with van der Waals surface area (Å²) < 4.78 is 14.0. The minimum atomic E-state index is -0.436. The Morgan fingerprint density at radius 2 is 2.48 bits per heavy atom. The van der Waals surface area contributed by atoms with Gasteiger partial charge in [0.05, 0.1) is 24.7 Å². The molecule has 1 aliphatic rings. The smallest absolute Gasteiger partial charge is 0.262 e. The Labute approximate surface area is 145 Å². The van der Waals surface area contributed by atoms with E-state index in [0.29, 0.717) is 24.1 Å². The van der Waals surface area contributed by atoms with E-state index in [0.717, 1.165) is 3.57 Å². The van der Waals surface area contributed by atoms with Crippen LogP contribution in [0.3, 0.4) is 0 Å². The highest BCUT2D eigenvalue weighted by atomic mass is 127. The van der Waals surface area contributed by atoms with Gasteiger partial charge < -0.3 is 24.9 Å². The first-order valence-corrected chi connectivity index (χ1v) is 8.17. The maximum Gasteiger partial charge on any atom is 0.262 e. The number of nitrogens with one attached hydrogen (secondary N) is 1. The minimum absolute atomic E-state index is 0.0504. The van der Waals surface area contributed by atoms with E-state index >= 15 is 0 Å². The van der Waals surface area contributed by atoms with Gasteiger partial charge in [-0.15, -0.1) is 6.58 Å². The lowest BCUT2D eigenvalue weighted by atomic mass is 10.2. The van der Waals surface area contributed by atoms with E-state index < -0.39 is 6.10 Å². The molecule has 2 aromatic rings. The van der Waals surface area contributed by atoms with Crippen molar-refractivity contribution in [2.45, 2.75) is 24.9 Å². The van der Waals surface area contributed by atoms with Crippen molar-refractivity contribution in [2.24, 2.45) is 0 Å². The fourth-order valence-electron chi connectivity index (χ4n) is 2.75. The predicted molar refractivity (Wildman–Crippen MR) is 93.0 cm³/mol. The monoisotopic (exact) mass is 432 g/mol. The molecule has 0 radical (unpaired) electrons. The number of nitrogen functional groups attached to an aromatic ring is 1. The number of hydrogen-bond acceptors (Lipinski definition) is 6. The predicted octanol–water partition coefficient (Wildman–Crippen LogP) is 0.762. The first-order valence-electron chi connectivity index (χ1n) is 7.09. The van der Waals surface area contributed by atoms with Gasteiger partial charge in [-0.1, -0.05) is 6.08 Å². The number of fused-ring (bicyclic) bond motifs is 1. The Morgan fingerprint density at radius 3 is 3.17 bits per heavy atom. The molecule has 0 bridgehead atoms. The van der Waals surface area contributed by atoms with E-state index in [1.165, 1.54) is 0 Å². The third kappa shape index (κ3) is 3.01. The molecule has 1 fully saturated rings. The van der Waals surface area contributed by atoms with Crippen molar-refractivity contribution < 1.29 is 14.6 Å². The van der Waals surface area contributed by atoms with Crippen LogP contribution in [0.25, 0.3) is 11.0 Å². The molecule has 2 aromatic heterocycles. The Balaban J connectivity index is 1.98. The maximum atomic E-state index is 12.1. The van der Waals surface area contributed by atoms with Crippen LogP contribution < -0.4 is 11.3 Å². The van der Waals surface area contributed by atoms with Crippen molar-refractivity contribution in [1.29, 1.82) is 0 Å². The Morgan fingerprint density at radius 1 is 1.70 bits per heavy atom. The van der Waals surface area contributed by atoms with Crippen molar-refractivity contribution >= 4 is 39.6 Å². The quantitative estimate of drug-likeness (QED) is 0.475. The normalized spacial score (nSPS) is 24.3. The van der Waals surface area contributed by atoms with Gasteiger partial charge in [-0.3, -0.25) is 9.78 Å². The van der Waals surface area contributed by atoms with Crippen LogP contribution in [-0.2, 0) is 9.47 Å². The van der Waals surface area contributed by atoms with Crippen LogP contribution in [0.4, 0.5) is 5.95 Å². The van der Waals surface area contributed by atoms with E-state index in [2.05, 4.69) is 39.1 Å². The highest BCUT2D eigenvalue weighted by Crippen LogP contribution is 2.34. The third-order valence-electron chi connectivity index (χ3n) is 3.75. The van der Waals surface area contributed by atoms with Crippen LogP contribution in [0.5, 0.6) is 0 Å². The van der Waals surface area contributed by atoms with Gasteiger partial charge in [0.25, 0.3) is 5.56 Å². The van der Waals surface area contributed by atoms with Crippen LogP contribution in [0.2, 0.25) is 0 Å². The summed E-state index contributed by atoms with van der Waals surface area (Å²) in [4.78, 5) is 18.8. The van der Waals surface area contributed by atoms with Gasteiger partial charge in [-0.2, -0.15) is 4.98 Å². The van der Waals surface area contributed by atoms with Gasteiger partial charge in [-0.05, 0) is 22.6 Å². The maximum absolute atomic E-state index is 12.1. The van der Waals surface area contributed by atoms with Crippen molar-refractivity contribution in [1.82, 2.24) is 14.5 Å². The number of rotatable bonds is 5. The van der Waals surface area contributed by atoms with Crippen LogP contribution >= 0.6 is 22.6 Å². The summed E-state index contributed by atoms with van der Waals surface area (Å²) in [5, 5.41) is 9.95. The summed E-state index contributed by atoms with van der Waals surface area (Å²) in [5.74, 6) is 0.0504. The molecule has 1 saturated heterocycles. The second-order valence-electron chi connectivity index (χ2n) is 5.24. The van der Waals surface area contributed by atoms with Crippen molar-refractivity contribution in [3.8, 4) is 0 Å². The SMILES string of the molecule is C=CCOC1CC(n2cc(I)c3c(=O)[nH]c(N)nc32)OC1CO. The summed E-state index contributed by atoms with van der Waals surface area (Å²) in [6, 6.07) is 0. The summed E-state index contributed by atoms with van der Waals surface area (Å²) in [6.45, 7) is 3.85. The molecular weight excluding hydrogens is 415 g/mol. The number of ether oxygens (including phenoxy) is 2. The van der Waals surface area contributed by atoms with Gasteiger partial charge in [0.15, 0.2) is 5.65 Å². The Kier molecular flexibility index (Phi) is 4.71. The fourth-order valence-corrected chi connectivity index (χ4v) is 3.54. The molecule has 4 N–H and O–H groups in total. The van der Waals surface area contributed by atoms with E-state index in [1.54, 1.807) is 16.8 Å². The van der Waals surface area contributed by atoms with Crippen molar-refractivity contribution in [3.63, 3.8) is 0 Å². The van der Waals surface area contributed by atoms with Crippen molar-refractivity contribution in [2.75, 3.05) is 18.9 Å². The van der Waals surface area contributed by atoms with Crippen LogP contribution in [0.15, 0.2) is 23.6 Å². The van der Waals surface area contributed by atoms with E-state index in [4.69, 9.17) is 15.2 Å². The molecule has 3 atom stereocenters. The molecular formula is C14H17IN4O4. The second kappa shape index (κ2) is 6.59. The molecule has 9 heteroatoms. The number of aliphatic hydroxyl groups is 1. The molecule has 0 aromatic carbocycles. The van der Waals surface area contributed by atoms with Gasteiger partial charge in [0, 0.05) is 16.2 Å². The zero-order valence-electron chi connectivity index (χ0n) is 12.2. The van der Waals surface area contributed by atoms with Crippen LogP contribution in [0.1, 0.15) is 12.6 Å². The van der Waals surface area contributed by atoms with Gasteiger partial charge in [0.2, 0.25) is 5.95 Å². The van der Waals surface area contributed by atoms with E-state index in [9.17, 15) is 9.90 Å². The standard InChI is InChI=1S/C14H17IN4O4/c1-2-3-22-8-4-10(23-9(8)6-20)19-5-7(15)11-12(19)17-14(16)18-13(11)21/h2,5,8-10,20H,1,3-4,6H2,(H3,16,17,18,21). The zero-order chi connectivity index (χ0) is 16.6. The number of anilines is 1. The van der Waals surface area contributed by atoms with Gasteiger partial charge in [0.1, 0.15) is 12.3 Å². The molecule has 0 spiro atoms. The van der Waals surface area contributed by atoms with Crippen molar-refractivity contribution in [3.05, 3.63) is 32.8 Å². The molecule has 0 amide bonds. The summed E-state index contributed by atoms with van der Waals surface area (Å²) in [6.07, 6.45) is 2.90. The lowest BCUT2D eigenvalue weighted by Gasteiger charge is -2.15.